The monoisotopic (exact) mass is 177 g/mol. The lowest BCUT2D eigenvalue weighted by Crippen LogP contribution is -2.26. The van der Waals surface area contributed by atoms with Crippen molar-refractivity contribution in [3.8, 4) is 0 Å². The van der Waals surface area contributed by atoms with E-state index in [0.29, 0.717) is 0 Å². The molecule has 1 unspecified atom stereocenters. The van der Waals surface area contributed by atoms with Gasteiger partial charge in [0.1, 0.15) is 0 Å². The van der Waals surface area contributed by atoms with Gasteiger partial charge in [0, 0.05) is 6.54 Å². The minimum Gasteiger partial charge on any atom is -0.303 e. The van der Waals surface area contributed by atoms with Crippen LogP contribution < -0.4 is 0 Å². The summed E-state index contributed by atoms with van der Waals surface area (Å²) in [4.78, 5) is 2.60. The number of allylic oxidation sites excluding steroid dienone is 3. The number of hydrogen-bond donors (Lipinski definition) is 0. The highest BCUT2D eigenvalue weighted by molar-refractivity contribution is 5.18. The molecule has 1 fully saturated rings. The summed E-state index contributed by atoms with van der Waals surface area (Å²) in [6.45, 7) is 6.17. The van der Waals surface area contributed by atoms with Gasteiger partial charge in [-0.1, -0.05) is 23.8 Å². The molecule has 0 saturated carbocycles. The maximum absolute atomic E-state index is 2.60. The van der Waals surface area contributed by atoms with Gasteiger partial charge in [-0.15, -0.1) is 0 Å². The third-order valence-corrected chi connectivity index (χ3v) is 3.04. The highest BCUT2D eigenvalue weighted by Gasteiger charge is 2.16. The Labute approximate surface area is 81.1 Å². The number of hydrogen-bond acceptors (Lipinski definition) is 1. The Morgan fingerprint density at radius 1 is 1.38 bits per heavy atom. The van der Waals surface area contributed by atoms with E-state index in [-0.39, 0.29) is 0 Å². The quantitative estimate of drug-likeness (QED) is 0.626. The molecule has 2 rings (SSSR count). The Morgan fingerprint density at radius 2 is 2.15 bits per heavy atom. The van der Waals surface area contributed by atoms with Crippen LogP contribution in [0.15, 0.2) is 23.8 Å². The predicted octanol–water partition coefficient (Wildman–Crippen LogP) is 2.60. The molecule has 0 aromatic rings. The Morgan fingerprint density at radius 3 is 2.85 bits per heavy atom. The van der Waals surface area contributed by atoms with Crippen LogP contribution in [0.25, 0.3) is 0 Å². The van der Waals surface area contributed by atoms with Crippen LogP contribution in [0.4, 0.5) is 0 Å². The summed E-state index contributed by atoms with van der Waals surface area (Å²) in [6, 6.07) is 0. The Hall–Kier alpha value is -0.560. The molecule has 2 aliphatic rings. The highest BCUT2D eigenvalue weighted by Crippen LogP contribution is 2.20. The van der Waals surface area contributed by atoms with Gasteiger partial charge in [-0.2, -0.15) is 0 Å². The van der Waals surface area contributed by atoms with Crippen LogP contribution in [-0.4, -0.2) is 24.5 Å². The van der Waals surface area contributed by atoms with Gasteiger partial charge in [0.25, 0.3) is 0 Å². The van der Waals surface area contributed by atoms with E-state index in [1.165, 1.54) is 44.5 Å². The summed E-state index contributed by atoms with van der Waals surface area (Å²) < 4.78 is 0. The van der Waals surface area contributed by atoms with E-state index in [0.717, 1.165) is 5.92 Å². The zero-order chi connectivity index (χ0) is 9.10. The third kappa shape index (κ3) is 2.44. The molecule has 0 N–H and O–H groups in total. The molecule has 0 aromatic heterocycles. The van der Waals surface area contributed by atoms with Gasteiger partial charge in [-0.25, -0.2) is 0 Å². The molecule has 0 spiro atoms. The molecule has 1 saturated heterocycles. The van der Waals surface area contributed by atoms with Crippen LogP contribution in [0.1, 0.15) is 26.2 Å². The smallest absolute Gasteiger partial charge is 0.00475 e. The maximum Gasteiger partial charge on any atom is 0.00475 e. The van der Waals surface area contributed by atoms with E-state index < -0.39 is 0 Å². The molecule has 1 aliphatic heterocycles. The minimum absolute atomic E-state index is 0.781. The summed E-state index contributed by atoms with van der Waals surface area (Å²) >= 11 is 0. The van der Waals surface area contributed by atoms with Crippen molar-refractivity contribution < 1.29 is 0 Å². The van der Waals surface area contributed by atoms with Gasteiger partial charge >= 0.3 is 0 Å². The van der Waals surface area contributed by atoms with E-state index in [2.05, 4.69) is 30.1 Å². The first-order valence-corrected chi connectivity index (χ1v) is 5.41. The van der Waals surface area contributed by atoms with Gasteiger partial charge in [0.15, 0.2) is 0 Å². The zero-order valence-corrected chi connectivity index (χ0v) is 8.50. The lowest BCUT2D eigenvalue weighted by Gasteiger charge is -2.22. The van der Waals surface area contributed by atoms with Gasteiger partial charge in [0.2, 0.25) is 0 Å². The van der Waals surface area contributed by atoms with Crippen LogP contribution in [0.5, 0.6) is 0 Å². The van der Waals surface area contributed by atoms with Crippen molar-refractivity contribution in [2.24, 2.45) is 5.92 Å². The molecule has 0 bridgehead atoms. The van der Waals surface area contributed by atoms with Crippen molar-refractivity contribution in [3.63, 3.8) is 0 Å². The molecule has 0 aromatic carbocycles. The van der Waals surface area contributed by atoms with Gasteiger partial charge in [-0.05, 0) is 45.2 Å². The van der Waals surface area contributed by atoms with Crippen molar-refractivity contribution >= 4 is 0 Å². The lowest BCUT2D eigenvalue weighted by molar-refractivity contribution is 0.300. The molecule has 72 valence electrons. The second kappa shape index (κ2) is 4.10. The molecule has 1 aliphatic carbocycles. The Balaban J connectivity index is 1.82. The van der Waals surface area contributed by atoms with Crippen LogP contribution >= 0.6 is 0 Å². The summed E-state index contributed by atoms with van der Waals surface area (Å²) in [5, 5.41) is 0. The van der Waals surface area contributed by atoms with Gasteiger partial charge < -0.3 is 4.90 Å². The first-order valence-electron chi connectivity index (χ1n) is 5.41. The highest BCUT2D eigenvalue weighted by atomic mass is 15.1. The van der Waals surface area contributed by atoms with Crippen LogP contribution in [0, 0.1) is 5.92 Å². The van der Waals surface area contributed by atoms with Crippen LogP contribution in [0.2, 0.25) is 0 Å². The molecule has 1 heterocycles. The molecule has 1 nitrogen and oxygen atoms in total. The van der Waals surface area contributed by atoms with Crippen molar-refractivity contribution in [3.05, 3.63) is 23.8 Å². The van der Waals surface area contributed by atoms with E-state index in [4.69, 9.17) is 0 Å². The first-order chi connectivity index (χ1) is 6.34. The third-order valence-electron chi connectivity index (χ3n) is 3.04. The van der Waals surface area contributed by atoms with Crippen LogP contribution in [0.3, 0.4) is 0 Å². The number of likely N-dealkylation sites (tertiary alicyclic amines) is 1. The molecule has 1 heteroatoms. The lowest BCUT2D eigenvalue weighted by atomic mass is 9.95. The summed E-state index contributed by atoms with van der Waals surface area (Å²) in [7, 11) is 0. The van der Waals surface area contributed by atoms with Crippen molar-refractivity contribution in [2.75, 3.05) is 19.6 Å². The fourth-order valence-corrected chi connectivity index (χ4v) is 2.35. The van der Waals surface area contributed by atoms with Crippen molar-refractivity contribution in [1.29, 1.82) is 0 Å². The second-order valence-corrected chi connectivity index (χ2v) is 4.37. The Kier molecular flexibility index (Phi) is 2.84. The predicted molar refractivity (Wildman–Crippen MR) is 56.7 cm³/mol. The average molecular weight is 177 g/mol. The van der Waals surface area contributed by atoms with E-state index in [1.807, 2.05) is 0 Å². The first kappa shape index (κ1) is 9.01. The number of rotatable bonds is 2. The largest absolute Gasteiger partial charge is 0.303 e. The molecule has 1 atom stereocenters. The SMILES string of the molecule is CC1=CC=CC(CN2CCCC2)C1. The zero-order valence-electron chi connectivity index (χ0n) is 8.50. The normalized spacial score (nSPS) is 29.3. The fourth-order valence-electron chi connectivity index (χ4n) is 2.35. The van der Waals surface area contributed by atoms with Crippen molar-refractivity contribution in [1.82, 2.24) is 4.90 Å². The van der Waals surface area contributed by atoms with E-state index in [1.54, 1.807) is 0 Å². The fraction of sp³-hybridized carbons (Fsp3) is 0.667. The molecule has 0 amide bonds. The van der Waals surface area contributed by atoms with Gasteiger partial charge in [-0.3, -0.25) is 0 Å². The molecule has 13 heavy (non-hydrogen) atoms. The maximum atomic E-state index is 2.60. The second-order valence-electron chi connectivity index (χ2n) is 4.37. The van der Waals surface area contributed by atoms with E-state index in [9.17, 15) is 0 Å². The molecular formula is C12H19N. The average Bonchev–Trinajstić information content (AvgIpc) is 2.57. The van der Waals surface area contributed by atoms with E-state index >= 15 is 0 Å². The Bertz CT molecular complexity index is 221. The van der Waals surface area contributed by atoms with Crippen LogP contribution in [-0.2, 0) is 0 Å². The minimum atomic E-state index is 0.781. The number of nitrogens with zero attached hydrogens (tertiary/aromatic N) is 1. The standard InChI is InChI=1S/C12H19N/c1-11-5-4-6-12(9-11)10-13-7-2-3-8-13/h4-6,12H,2-3,7-10H2,1H3. The molecule has 0 radical (unpaired) electrons. The summed E-state index contributed by atoms with van der Waals surface area (Å²) in [6.07, 6.45) is 10.9. The molecular weight excluding hydrogens is 158 g/mol. The topological polar surface area (TPSA) is 3.24 Å². The van der Waals surface area contributed by atoms with Gasteiger partial charge in [0.05, 0.1) is 0 Å². The summed E-state index contributed by atoms with van der Waals surface area (Å²) in [5.74, 6) is 0.781. The van der Waals surface area contributed by atoms with Crippen molar-refractivity contribution in [2.45, 2.75) is 26.2 Å². The summed E-state index contributed by atoms with van der Waals surface area (Å²) in [5.41, 5.74) is 1.53.